The van der Waals surface area contributed by atoms with E-state index in [4.69, 9.17) is 9.15 Å². The van der Waals surface area contributed by atoms with Crippen LogP contribution in [0.3, 0.4) is 0 Å². The number of alkyl halides is 3. The lowest BCUT2D eigenvalue weighted by Crippen LogP contribution is -2.04. The highest BCUT2D eigenvalue weighted by Crippen LogP contribution is 2.34. The summed E-state index contributed by atoms with van der Waals surface area (Å²) >= 11 is 1.96. The summed E-state index contributed by atoms with van der Waals surface area (Å²) in [7, 11) is 0. The van der Waals surface area contributed by atoms with Crippen molar-refractivity contribution in [3.8, 4) is 28.0 Å². The maximum atomic E-state index is 12.8. The largest absolute Gasteiger partial charge is 0.469 e. The van der Waals surface area contributed by atoms with Crippen LogP contribution in [0.2, 0.25) is 0 Å². The van der Waals surface area contributed by atoms with E-state index in [0.29, 0.717) is 22.4 Å². The number of thiazole rings is 1. The molecule has 1 aromatic carbocycles. The molecule has 0 bridgehead atoms. The normalized spacial score (nSPS) is 12.1. The second-order valence-corrected chi connectivity index (χ2v) is 8.85. The minimum absolute atomic E-state index is 0.0805. The van der Waals surface area contributed by atoms with Crippen molar-refractivity contribution >= 4 is 38.7 Å². The SMILES string of the molecule is FC(F)(F)c1nn2cc(-c3nc4c(OCc5csc(-c6ccccc6)n5)nccc4o3)nc2s1. The van der Waals surface area contributed by atoms with Gasteiger partial charge >= 0.3 is 6.18 Å². The molecule has 170 valence electrons. The molecular formula is C21H11F3N6O2S2. The molecule has 0 saturated heterocycles. The van der Waals surface area contributed by atoms with Crippen molar-refractivity contribution in [3.05, 3.63) is 64.9 Å². The molecule has 0 N–H and O–H groups in total. The summed E-state index contributed by atoms with van der Waals surface area (Å²) in [6.07, 6.45) is -1.67. The van der Waals surface area contributed by atoms with Crippen molar-refractivity contribution in [1.82, 2.24) is 29.5 Å². The molecule has 8 nitrogen and oxygen atoms in total. The molecule has 6 aromatic rings. The van der Waals surface area contributed by atoms with E-state index in [-0.39, 0.29) is 29.0 Å². The van der Waals surface area contributed by atoms with Crippen LogP contribution < -0.4 is 4.74 Å². The number of ether oxygens (including phenoxy) is 1. The van der Waals surface area contributed by atoms with Gasteiger partial charge in [-0.25, -0.2) is 24.5 Å². The number of hydrogen-bond donors (Lipinski definition) is 0. The average Bonchev–Trinajstić information content (AvgIpc) is 3.59. The van der Waals surface area contributed by atoms with Gasteiger partial charge < -0.3 is 9.15 Å². The van der Waals surface area contributed by atoms with Gasteiger partial charge in [0.2, 0.25) is 21.7 Å². The van der Waals surface area contributed by atoms with Gasteiger partial charge in [-0.05, 0) is 0 Å². The number of fused-ring (bicyclic) bond motifs is 2. The fraction of sp³-hybridized carbons (Fsp3) is 0.0952. The topological polar surface area (TPSA) is 91.2 Å². The molecule has 5 aromatic heterocycles. The standard InChI is InChI=1S/C21H11F3N6O2S2/c22-21(23,24)19-29-30-8-13(27-20(30)34-19)16-28-15-14(32-16)6-7-25-17(15)31-9-12-10-33-18(26-12)11-4-2-1-3-5-11/h1-8,10H,9H2. The molecule has 0 saturated carbocycles. The fourth-order valence-electron chi connectivity index (χ4n) is 3.19. The van der Waals surface area contributed by atoms with E-state index < -0.39 is 11.2 Å². The Morgan fingerprint density at radius 2 is 1.91 bits per heavy atom. The van der Waals surface area contributed by atoms with Crippen molar-refractivity contribution in [3.63, 3.8) is 0 Å². The molecule has 34 heavy (non-hydrogen) atoms. The van der Waals surface area contributed by atoms with Crippen molar-refractivity contribution in [1.29, 1.82) is 0 Å². The van der Waals surface area contributed by atoms with Crippen LogP contribution in [0.4, 0.5) is 13.2 Å². The number of pyridine rings is 1. The molecule has 6 rings (SSSR count). The Morgan fingerprint density at radius 1 is 1.06 bits per heavy atom. The van der Waals surface area contributed by atoms with E-state index >= 15 is 0 Å². The number of oxazole rings is 1. The predicted octanol–water partition coefficient (Wildman–Crippen LogP) is 5.72. The maximum absolute atomic E-state index is 12.8. The summed E-state index contributed by atoms with van der Waals surface area (Å²) in [5.41, 5.74) is 2.80. The summed E-state index contributed by atoms with van der Waals surface area (Å²) in [6.45, 7) is 0.183. The van der Waals surface area contributed by atoms with Gasteiger partial charge in [-0.2, -0.15) is 13.2 Å². The van der Waals surface area contributed by atoms with Crippen LogP contribution in [-0.2, 0) is 12.8 Å². The zero-order valence-electron chi connectivity index (χ0n) is 16.9. The first-order valence-corrected chi connectivity index (χ1v) is 11.5. The molecule has 0 atom stereocenters. The van der Waals surface area contributed by atoms with Crippen molar-refractivity contribution in [2.24, 2.45) is 0 Å². The molecule has 0 fully saturated rings. The van der Waals surface area contributed by atoms with Crippen LogP contribution in [0.15, 0.2) is 58.6 Å². The maximum Gasteiger partial charge on any atom is 0.445 e. The van der Waals surface area contributed by atoms with Crippen molar-refractivity contribution < 1.29 is 22.3 Å². The first-order chi connectivity index (χ1) is 16.4. The second-order valence-electron chi connectivity index (χ2n) is 7.04. The molecule has 13 heteroatoms. The number of hydrogen-bond acceptors (Lipinski definition) is 9. The molecule has 0 spiro atoms. The molecule has 5 heterocycles. The van der Waals surface area contributed by atoms with Gasteiger partial charge in [0, 0.05) is 23.2 Å². The Kier molecular flexibility index (Phi) is 4.81. The summed E-state index contributed by atoms with van der Waals surface area (Å²) in [6, 6.07) is 11.4. The lowest BCUT2D eigenvalue weighted by atomic mass is 10.2. The van der Waals surface area contributed by atoms with E-state index in [1.807, 2.05) is 35.7 Å². The fourth-order valence-corrected chi connectivity index (χ4v) is 4.75. The quantitative estimate of drug-likeness (QED) is 0.299. The lowest BCUT2D eigenvalue weighted by molar-refractivity contribution is -0.138. The third-order valence-corrected chi connectivity index (χ3v) is 6.62. The van der Waals surface area contributed by atoms with Gasteiger partial charge in [-0.15, -0.1) is 16.4 Å². The summed E-state index contributed by atoms with van der Waals surface area (Å²) < 4.78 is 51.2. The molecule has 0 unspecified atom stereocenters. The highest BCUT2D eigenvalue weighted by atomic mass is 32.1. The van der Waals surface area contributed by atoms with Gasteiger partial charge in [0.05, 0.1) is 11.9 Å². The van der Waals surface area contributed by atoms with Crippen molar-refractivity contribution in [2.75, 3.05) is 0 Å². The Labute approximate surface area is 196 Å². The smallest absolute Gasteiger partial charge is 0.445 e. The van der Waals surface area contributed by atoms with Gasteiger partial charge in [0.1, 0.15) is 17.3 Å². The lowest BCUT2D eigenvalue weighted by Gasteiger charge is -2.02. The van der Waals surface area contributed by atoms with E-state index in [1.165, 1.54) is 23.7 Å². The second kappa shape index (κ2) is 7.88. The molecular weight excluding hydrogens is 489 g/mol. The Bertz CT molecular complexity index is 1590. The third-order valence-electron chi connectivity index (χ3n) is 4.71. The number of halogens is 3. The van der Waals surface area contributed by atoms with E-state index in [1.54, 1.807) is 6.07 Å². The third kappa shape index (κ3) is 3.78. The van der Waals surface area contributed by atoms with Crippen LogP contribution >= 0.6 is 22.7 Å². The minimum Gasteiger partial charge on any atom is -0.469 e. The number of benzene rings is 1. The van der Waals surface area contributed by atoms with E-state index in [2.05, 4.69) is 25.0 Å². The van der Waals surface area contributed by atoms with Gasteiger partial charge in [0.25, 0.3) is 0 Å². The first kappa shape index (κ1) is 20.7. The Hall–Kier alpha value is -3.84. The van der Waals surface area contributed by atoms with Gasteiger partial charge in [0.15, 0.2) is 11.1 Å². The Morgan fingerprint density at radius 3 is 2.71 bits per heavy atom. The zero-order valence-corrected chi connectivity index (χ0v) is 18.5. The number of aromatic nitrogens is 6. The Balaban J connectivity index is 1.25. The van der Waals surface area contributed by atoms with Gasteiger partial charge in [-0.1, -0.05) is 41.7 Å². The van der Waals surface area contributed by atoms with Crippen LogP contribution in [0.25, 0.3) is 38.2 Å². The molecule has 0 aliphatic heterocycles. The van der Waals surface area contributed by atoms with Crippen LogP contribution in [0.5, 0.6) is 5.88 Å². The monoisotopic (exact) mass is 500 g/mol. The molecule has 0 aliphatic carbocycles. The molecule has 0 aliphatic rings. The van der Waals surface area contributed by atoms with Crippen LogP contribution in [-0.4, -0.2) is 29.5 Å². The van der Waals surface area contributed by atoms with Gasteiger partial charge in [-0.3, -0.25) is 0 Å². The first-order valence-electron chi connectivity index (χ1n) is 9.76. The molecule has 0 radical (unpaired) electrons. The van der Waals surface area contributed by atoms with E-state index in [0.717, 1.165) is 20.8 Å². The van der Waals surface area contributed by atoms with Crippen molar-refractivity contribution in [2.45, 2.75) is 12.8 Å². The molecule has 0 amide bonds. The van der Waals surface area contributed by atoms with Crippen LogP contribution in [0.1, 0.15) is 10.7 Å². The number of imidazole rings is 1. The zero-order chi connectivity index (χ0) is 23.3. The number of nitrogens with zero attached hydrogens (tertiary/aromatic N) is 6. The highest BCUT2D eigenvalue weighted by Gasteiger charge is 2.36. The average molecular weight is 500 g/mol. The highest BCUT2D eigenvalue weighted by molar-refractivity contribution is 7.16. The summed E-state index contributed by atoms with van der Waals surface area (Å²) in [5, 5.41) is 5.35. The minimum atomic E-state index is -4.53. The van der Waals surface area contributed by atoms with Crippen LogP contribution in [0, 0.1) is 0 Å². The van der Waals surface area contributed by atoms with E-state index in [9.17, 15) is 13.2 Å². The number of rotatable bonds is 5. The predicted molar refractivity (Wildman–Crippen MR) is 119 cm³/mol. The summed E-state index contributed by atoms with van der Waals surface area (Å²) in [5.74, 6) is 0.374. The summed E-state index contributed by atoms with van der Waals surface area (Å²) in [4.78, 5) is 17.5.